The van der Waals surface area contributed by atoms with Gasteiger partial charge in [-0.2, -0.15) is 0 Å². The number of hydrogen-bond donors (Lipinski definition) is 1. The van der Waals surface area contributed by atoms with Crippen molar-refractivity contribution in [3.05, 3.63) is 59.7 Å². The molecule has 116 valence electrons. The lowest BCUT2D eigenvalue weighted by Crippen LogP contribution is -2.10. The monoisotopic (exact) mass is 315 g/mol. The number of ether oxygens (including phenoxy) is 2. The third kappa shape index (κ3) is 4.74. The molecule has 0 heterocycles. The van der Waals surface area contributed by atoms with Crippen LogP contribution in [0.1, 0.15) is 24.5 Å². The first-order valence-electron chi connectivity index (χ1n) is 7.44. The van der Waals surface area contributed by atoms with Crippen molar-refractivity contribution in [2.45, 2.75) is 19.8 Å². The third-order valence-corrected chi connectivity index (χ3v) is 3.47. The summed E-state index contributed by atoms with van der Waals surface area (Å²) < 4.78 is 11.4. The summed E-state index contributed by atoms with van der Waals surface area (Å²) in [6.45, 7) is 3.15. The normalized spacial score (nSPS) is 10.2. The van der Waals surface area contributed by atoms with Crippen molar-refractivity contribution in [1.29, 1.82) is 0 Å². The highest BCUT2D eigenvalue weighted by molar-refractivity contribution is 7.80. The van der Waals surface area contributed by atoms with Crippen LogP contribution in [-0.4, -0.2) is 18.2 Å². The van der Waals surface area contributed by atoms with Crippen LogP contribution in [0.25, 0.3) is 0 Å². The van der Waals surface area contributed by atoms with Crippen molar-refractivity contribution < 1.29 is 9.47 Å². The average molecular weight is 315 g/mol. The third-order valence-electron chi connectivity index (χ3n) is 3.24. The molecule has 2 aromatic rings. The van der Waals surface area contributed by atoms with E-state index >= 15 is 0 Å². The second-order valence-electron chi connectivity index (χ2n) is 4.90. The van der Waals surface area contributed by atoms with E-state index in [1.54, 1.807) is 0 Å². The summed E-state index contributed by atoms with van der Waals surface area (Å²) in [5.41, 5.74) is 7.76. The molecule has 0 saturated carbocycles. The first-order valence-corrected chi connectivity index (χ1v) is 7.85. The van der Waals surface area contributed by atoms with Crippen molar-refractivity contribution in [1.82, 2.24) is 0 Å². The molecule has 0 saturated heterocycles. The molecule has 0 spiro atoms. The molecule has 0 radical (unpaired) electrons. The van der Waals surface area contributed by atoms with Gasteiger partial charge in [0.25, 0.3) is 0 Å². The quantitative estimate of drug-likeness (QED) is 0.595. The minimum absolute atomic E-state index is 0.358. The highest BCUT2D eigenvalue weighted by Gasteiger charge is 2.08. The van der Waals surface area contributed by atoms with Crippen molar-refractivity contribution in [3.8, 4) is 11.5 Å². The molecule has 0 aromatic heterocycles. The first kappa shape index (κ1) is 16.3. The van der Waals surface area contributed by atoms with Gasteiger partial charge in [-0.3, -0.25) is 0 Å². The molecule has 2 N–H and O–H groups in total. The van der Waals surface area contributed by atoms with E-state index in [4.69, 9.17) is 27.4 Å². The number of nitrogens with two attached hydrogens (primary N) is 1. The predicted molar refractivity (Wildman–Crippen MR) is 93.8 cm³/mol. The van der Waals surface area contributed by atoms with Crippen molar-refractivity contribution in [2.24, 2.45) is 5.73 Å². The Hall–Kier alpha value is -2.07. The second kappa shape index (κ2) is 8.39. The molecule has 22 heavy (non-hydrogen) atoms. The predicted octanol–water partition coefficient (Wildman–Crippen LogP) is 3.73. The molecule has 0 unspecified atom stereocenters. The highest BCUT2D eigenvalue weighted by Crippen LogP contribution is 2.28. The largest absolute Gasteiger partial charge is 0.490 e. The van der Waals surface area contributed by atoms with E-state index in [1.807, 2.05) is 31.2 Å². The Morgan fingerprint density at radius 2 is 1.82 bits per heavy atom. The van der Waals surface area contributed by atoms with Gasteiger partial charge in [-0.25, -0.2) is 0 Å². The van der Waals surface area contributed by atoms with E-state index in [0.29, 0.717) is 24.0 Å². The Bertz CT molecular complexity index is 614. The van der Waals surface area contributed by atoms with Crippen LogP contribution in [0.3, 0.4) is 0 Å². The minimum Gasteiger partial charge on any atom is -0.490 e. The minimum atomic E-state index is 0.358. The SMILES string of the molecule is CCOc1cc(C(N)=S)ccc1OCCCc1ccccc1. The molecular weight excluding hydrogens is 294 g/mol. The Morgan fingerprint density at radius 3 is 2.50 bits per heavy atom. The molecular formula is C18H21NO2S. The summed E-state index contributed by atoms with van der Waals surface area (Å²) in [6.07, 6.45) is 1.95. The molecule has 0 amide bonds. The molecule has 4 heteroatoms. The fraction of sp³-hybridized carbons (Fsp3) is 0.278. The van der Waals surface area contributed by atoms with Crippen LogP contribution >= 0.6 is 12.2 Å². The van der Waals surface area contributed by atoms with Gasteiger partial charge in [-0.15, -0.1) is 0 Å². The van der Waals surface area contributed by atoms with Crippen LogP contribution in [0.15, 0.2) is 48.5 Å². The van der Waals surface area contributed by atoms with Gasteiger partial charge in [0, 0.05) is 5.56 Å². The highest BCUT2D eigenvalue weighted by atomic mass is 32.1. The van der Waals surface area contributed by atoms with E-state index < -0.39 is 0 Å². The maximum Gasteiger partial charge on any atom is 0.161 e. The maximum atomic E-state index is 5.84. The summed E-state index contributed by atoms with van der Waals surface area (Å²) in [5, 5.41) is 0. The molecule has 0 aliphatic rings. The van der Waals surface area contributed by atoms with Gasteiger partial charge in [0.15, 0.2) is 11.5 Å². The van der Waals surface area contributed by atoms with E-state index in [1.165, 1.54) is 5.56 Å². The van der Waals surface area contributed by atoms with Gasteiger partial charge in [0.05, 0.1) is 13.2 Å². The van der Waals surface area contributed by atoms with Crippen LogP contribution in [0.5, 0.6) is 11.5 Å². The molecule has 2 aromatic carbocycles. The molecule has 0 fully saturated rings. The van der Waals surface area contributed by atoms with Crippen molar-refractivity contribution >= 4 is 17.2 Å². The van der Waals surface area contributed by atoms with Crippen LogP contribution in [0.2, 0.25) is 0 Å². The fourth-order valence-corrected chi connectivity index (χ4v) is 2.28. The Kier molecular flexibility index (Phi) is 6.22. The molecule has 0 atom stereocenters. The van der Waals surface area contributed by atoms with Crippen molar-refractivity contribution in [2.75, 3.05) is 13.2 Å². The van der Waals surface area contributed by atoms with Gasteiger partial charge in [0.2, 0.25) is 0 Å². The number of thiocarbonyl (C=S) groups is 1. The van der Waals surface area contributed by atoms with Crippen LogP contribution < -0.4 is 15.2 Å². The zero-order valence-electron chi connectivity index (χ0n) is 12.7. The average Bonchev–Trinajstić information content (AvgIpc) is 2.53. The van der Waals surface area contributed by atoms with Crippen LogP contribution in [-0.2, 0) is 6.42 Å². The zero-order valence-corrected chi connectivity index (χ0v) is 13.6. The summed E-state index contributed by atoms with van der Waals surface area (Å²) in [5.74, 6) is 1.42. The van der Waals surface area contributed by atoms with Gasteiger partial charge >= 0.3 is 0 Å². The molecule has 2 rings (SSSR count). The fourth-order valence-electron chi connectivity index (χ4n) is 2.15. The van der Waals surface area contributed by atoms with Gasteiger partial charge in [0.1, 0.15) is 4.99 Å². The number of hydrogen-bond acceptors (Lipinski definition) is 3. The van der Waals surface area contributed by atoms with Crippen LogP contribution in [0.4, 0.5) is 0 Å². The summed E-state index contributed by atoms with van der Waals surface area (Å²) in [6, 6.07) is 15.9. The Morgan fingerprint density at radius 1 is 1.05 bits per heavy atom. The van der Waals surface area contributed by atoms with E-state index in [0.717, 1.165) is 24.2 Å². The molecule has 0 aliphatic heterocycles. The summed E-state index contributed by atoms with van der Waals surface area (Å²) in [7, 11) is 0. The van der Waals surface area contributed by atoms with Crippen molar-refractivity contribution in [3.63, 3.8) is 0 Å². The summed E-state index contributed by atoms with van der Waals surface area (Å²) >= 11 is 4.99. The standard InChI is InChI=1S/C18H21NO2S/c1-2-20-17-13-15(18(19)22)10-11-16(17)21-12-6-9-14-7-4-3-5-8-14/h3-5,7-8,10-11,13H,2,6,9,12H2,1H3,(H2,19,22). The van der Waals surface area contributed by atoms with E-state index in [-0.39, 0.29) is 0 Å². The topological polar surface area (TPSA) is 44.5 Å². The Labute approximate surface area is 137 Å². The molecule has 0 bridgehead atoms. The van der Waals surface area contributed by atoms with Gasteiger partial charge in [-0.05, 0) is 43.5 Å². The maximum absolute atomic E-state index is 5.84. The number of benzene rings is 2. The van der Waals surface area contributed by atoms with Gasteiger partial charge in [-0.1, -0.05) is 42.5 Å². The number of aryl methyl sites for hydroxylation is 1. The zero-order chi connectivity index (χ0) is 15.8. The smallest absolute Gasteiger partial charge is 0.161 e. The second-order valence-corrected chi connectivity index (χ2v) is 5.34. The lowest BCUT2D eigenvalue weighted by Gasteiger charge is -2.13. The van der Waals surface area contributed by atoms with Gasteiger partial charge < -0.3 is 15.2 Å². The van der Waals surface area contributed by atoms with Crippen LogP contribution in [0, 0.1) is 0 Å². The Balaban J connectivity index is 1.92. The lowest BCUT2D eigenvalue weighted by molar-refractivity contribution is 0.273. The molecule has 3 nitrogen and oxygen atoms in total. The molecule has 0 aliphatic carbocycles. The lowest BCUT2D eigenvalue weighted by atomic mass is 10.1. The van der Waals surface area contributed by atoms with E-state index in [2.05, 4.69) is 24.3 Å². The number of rotatable bonds is 8. The van der Waals surface area contributed by atoms with E-state index in [9.17, 15) is 0 Å². The summed E-state index contributed by atoms with van der Waals surface area (Å²) in [4.78, 5) is 0.358. The first-order chi connectivity index (χ1) is 10.7.